The predicted octanol–water partition coefficient (Wildman–Crippen LogP) is 3.68. The van der Waals surface area contributed by atoms with Crippen LogP contribution in [-0.4, -0.2) is 31.1 Å². The van der Waals surface area contributed by atoms with E-state index in [0.717, 1.165) is 5.56 Å². The maximum Gasteiger partial charge on any atom is 0.339 e. The molecule has 3 aromatic rings. The molecule has 0 aliphatic carbocycles. The molecule has 1 aliphatic rings. The Labute approximate surface area is 184 Å². The molecule has 0 aromatic heterocycles. The predicted molar refractivity (Wildman–Crippen MR) is 116 cm³/mol. The molecule has 7 heteroatoms. The number of carbonyl (C=O) groups excluding carboxylic acids is 3. The minimum Gasteiger partial charge on any atom is -0.454 e. The van der Waals surface area contributed by atoms with Gasteiger partial charge >= 0.3 is 5.97 Å². The molecular formula is C25H21NO6. The minimum absolute atomic E-state index is 0.109. The lowest BCUT2D eigenvalue weighted by atomic mass is 9.98. The average molecular weight is 431 g/mol. The molecular weight excluding hydrogens is 410 g/mol. The Kier molecular flexibility index (Phi) is 6.17. The summed E-state index contributed by atoms with van der Waals surface area (Å²) in [5.74, 6) is -0.218. The van der Waals surface area contributed by atoms with Crippen LogP contribution in [0, 0.1) is 0 Å². The van der Waals surface area contributed by atoms with Gasteiger partial charge in [0.25, 0.3) is 5.91 Å². The molecule has 0 saturated carbocycles. The van der Waals surface area contributed by atoms with E-state index in [0.29, 0.717) is 17.1 Å². The first-order chi connectivity index (χ1) is 15.5. The molecule has 0 bridgehead atoms. The van der Waals surface area contributed by atoms with Crippen LogP contribution in [0.4, 0.5) is 0 Å². The van der Waals surface area contributed by atoms with Crippen molar-refractivity contribution in [3.8, 4) is 11.5 Å². The van der Waals surface area contributed by atoms with Crippen molar-refractivity contribution >= 4 is 17.7 Å². The number of ketones is 1. The van der Waals surface area contributed by atoms with E-state index in [1.807, 2.05) is 13.0 Å². The molecule has 4 rings (SSSR count). The van der Waals surface area contributed by atoms with E-state index in [2.05, 4.69) is 5.32 Å². The van der Waals surface area contributed by atoms with Crippen LogP contribution in [0.2, 0.25) is 0 Å². The van der Waals surface area contributed by atoms with Crippen LogP contribution in [0.1, 0.15) is 44.8 Å². The molecule has 0 spiro atoms. The second kappa shape index (κ2) is 9.34. The quantitative estimate of drug-likeness (QED) is 0.453. The monoisotopic (exact) mass is 431 g/mol. The number of rotatable bonds is 7. The van der Waals surface area contributed by atoms with E-state index in [4.69, 9.17) is 14.2 Å². The van der Waals surface area contributed by atoms with Gasteiger partial charge in [-0.15, -0.1) is 0 Å². The first-order valence-electron chi connectivity index (χ1n) is 10.1. The Balaban J connectivity index is 1.38. The van der Waals surface area contributed by atoms with Gasteiger partial charge in [-0.2, -0.15) is 0 Å². The number of carbonyl (C=O) groups is 3. The molecule has 162 valence electrons. The van der Waals surface area contributed by atoms with Gasteiger partial charge in [0.15, 0.2) is 23.9 Å². The van der Waals surface area contributed by atoms with Crippen molar-refractivity contribution in [2.24, 2.45) is 0 Å². The Morgan fingerprint density at radius 3 is 2.38 bits per heavy atom. The van der Waals surface area contributed by atoms with Crippen molar-refractivity contribution in [1.82, 2.24) is 5.32 Å². The van der Waals surface area contributed by atoms with E-state index in [9.17, 15) is 14.4 Å². The van der Waals surface area contributed by atoms with Crippen molar-refractivity contribution in [3.05, 3.63) is 95.1 Å². The number of fused-ring (bicyclic) bond motifs is 1. The molecule has 1 amide bonds. The Bertz CT molecular complexity index is 1160. The number of hydrogen-bond donors (Lipinski definition) is 1. The van der Waals surface area contributed by atoms with Gasteiger partial charge in [0, 0.05) is 11.1 Å². The van der Waals surface area contributed by atoms with E-state index < -0.39 is 18.5 Å². The molecule has 32 heavy (non-hydrogen) atoms. The average Bonchev–Trinajstić information content (AvgIpc) is 3.30. The number of ether oxygens (including phenoxy) is 3. The maximum atomic E-state index is 12.8. The molecule has 1 N–H and O–H groups in total. The van der Waals surface area contributed by atoms with Crippen LogP contribution in [0.25, 0.3) is 0 Å². The second-order valence-electron chi connectivity index (χ2n) is 7.22. The van der Waals surface area contributed by atoms with Crippen molar-refractivity contribution < 1.29 is 28.6 Å². The third kappa shape index (κ3) is 4.62. The first kappa shape index (κ1) is 21.1. The van der Waals surface area contributed by atoms with Crippen molar-refractivity contribution in [2.45, 2.75) is 13.0 Å². The van der Waals surface area contributed by atoms with Gasteiger partial charge in [0.2, 0.25) is 6.79 Å². The molecule has 1 unspecified atom stereocenters. The summed E-state index contributed by atoms with van der Waals surface area (Å²) in [5.41, 5.74) is 1.62. The van der Waals surface area contributed by atoms with Crippen molar-refractivity contribution in [1.29, 1.82) is 0 Å². The Hall–Kier alpha value is -4.13. The van der Waals surface area contributed by atoms with Crippen molar-refractivity contribution in [3.63, 3.8) is 0 Å². The summed E-state index contributed by atoms with van der Waals surface area (Å²) in [4.78, 5) is 37.7. The SMILES string of the molecule is CC(NC(=O)COC(=O)c1ccccc1C(=O)c1ccccc1)c1ccc2c(c1)OCO2. The van der Waals surface area contributed by atoms with Crippen LogP contribution in [0.3, 0.4) is 0 Å². The molecule has 0 radical (unpaired) electrons. The summed E-state index contributed by atoms with van der Waals surface area (Å²) in [6, 6.07) is 20.1. The van der Waals surface area contributed by atoms with Gasteiger partial charge in [-0.1, -0.05) is 54.6 Å². The molecule has 0 saturated heterocycles. The van der Waals surface area contributed by atoms with Crippen LogP contribution in [-0.2, 0) is 9.53 Å². The third-order valence-corrected chi connectivity index (χ3v) is 5.04. The summed E-state index contributed by atoms with van der Waals surface area (Å²) in [7, 11) is 0. The van der Waals surface area contributed by atoms with E-state index in [1.54, 1.807) is 60.7 Å². The molecule has 7 nitrogen and oxygen atoms in total. The zero-order valence-corrected chi connectivity index (χ0v) is 17.4. The standard InChI is InChI=1S/C25H21NO6/c1-16(18-11-12-21-22(13-18)32-15-31-21)26-23(27)14-30-25(29)20-10-6-5-9-19(20)24(28)17-7-3-2-4-8-17/h2-13,16H,14-15H2,1H3,(H,26,27). The molecule has 0 fully saturated rings. The Morgan fingerprint density at radius 1 is 0.906 bits per heavy atom. The topological polar surface area (TPSA) is 90.9 Å². The third-order valence-electron chi connectivity index (χ3n) is 5.04. The van der Waals surface area contributed by atoms with Crippen molar-refractivity contribution in [2.75, 3.05) is 13.4 Å². The van der Waals surface area contributed by atoms with Crippen LogP contribution < -0.4 is 14.8 Å². The minimum atomic E-state index is -0.740. The smallest absolute Gasteiger partial charge is 0.339 e. The lowest BCUT2D eigenvalue weighted by Gasteiger charge is -2.15. The zero-order chi connectivity index (χ0) is 22.5. The van der Waals surface area contributed by atoms with Gasteiger partial charge in [-0.05, 0) is 30.7 Å². The normalized spacial score (nSPS) is 12.7. The van der Waals surface area contributed by atoms with Gasteiger partial charge in [-0.25, -0.2) is 4.79 Å². The van der Waals surface area contributed by atoms with Gasteiger partial charge in [0.05, 0.1) is 11.6 Å². The number of hydrogen-bond acceptors (Lipinski definition) is 6. The van der Waals surface area contributed by atoms with Gasteiger partial charge in [0.1, 0.15) is 0 Å². The van der Waals surface area contributed by atoms with E-state index in [-0.39, 0.29) is 29.7 Å². The number of amides is 1. The Morgan fingerprint density at radius 2 is 1.59 bits per heavy atom. The number of esters is 1. The summed E-state index contributed by atoms with van der Waals surface area (Å²) < 4.78 is 15.8. The highest BCUT2D eigenvalue weighted by molar-refractivity contribution is 6.14. The fraction of sp³-hybridized carbons (Fsp3) is 0.160. The highest BCUT2D eigenvalue weighted by atomic mass is 16.7. The second-order valence-corrected chi connectivity index (χ2v) is 7.22. The highest BCUT2D eigenvalue weighted by Gasteiger charge is 2.21. The fourth-order valence-electron chi connectivity index (χ4n) is 3.36. The molecule has 1 atom stereocenters. The summed E-state index contributed by atoms with van der Waals surface area (Å²) in [6.07, 6.45) is 0. The van der Waals surface area contributed by atoms with Gasteiger partial charge < -0.3 is 19.5 Å². The van der Waals surface area contributed by atoms with Crippen LogP contribution in [0.5, 0.6) is 11.5 Å². The summed E-state index contributed by atoms with van der Waals surface area (Å²) >= 11 is 0. The first-order valence-corrected chi connectivity index (χ1v) is 10.1. The van der Waals surface area contributed by atoms with Gasteiger partial charge in [-0.3, -0.25) is 9.59 Å². The summed E-state index contributed by atoms with van der Waals surface area (Å²) in [5, 5.41) is 2.78. The molecule has 3 aromatic carbocycles. The number of benzene rings is 3. The molecule has 1 heterocycles. The van der Waals surface area contributed by atoms with E-state index in [1.165, 1.54) is 6.07 Å². The largest absolute Gasteiger partial charge is 0.454 e. The molecule has 1 aliphatic heterocycles. The lowest BCUT2D eigenvalue weighted by molar-refractivity contribution is -0.124. The van der Waals surface area contributed by atoms with E-state index >= 15 is 0 Å². The van der Waals surface area contributed by atoms with Crippen LogP contribution >= 0.6 is 0 Å². The highest BCUT2D eigenvalue weighted by Crippen LogP contribution is 2.34. The maximum absolute atomic E-state index is 12.8. The number of nitrogens with one attached hydrogen (secondary N) is 1. The lowest BCUT2D eigenvalue weighted by Crippen LogP contribution is -2.31. The summed E-state index contributed by atoms with van der Waals surface area (Å²) in [6.45, 7) is 1.51. The fourth-order valence-corrected chi connectivity index (χ4v) is 3.36. The van der Waals surface area contributed by atoms with Crippen LogP contribution in [0.15, 0.2) is 72.8 Å². The zero-order valence-electron chi connectivity index (χ0n) is 17.4.